The number of carbonyl (C=O) groups excluding carboxylic acids is 1. The van der Waals surface area contributed by atoms with E-state index in [4.69, 9.17) is 11.6 Å². The number of pyridine rings is 2. The van der Waals surface area contributed by atoms with Crippen LogP contribution in [0.1, 0.15) is 30.3 Å². The van der Waals surface area contributed by atoms with Gasteiger partial charge in [0, 0.05) is 43.3 Å². The topological polar surface area (TPSA) is 118 Å². The van der Waals surface area contributed by atoms with Gasteiger partial charge in [0.2, 0.25) is 21.8 Å². The summed E-state index contributed by atoms with van der Waals surface area (Å²) in [7, 11) is -4.48. The molecule has 1 saturated heterocycles. The molecule has 9 nitrogen and oxygen atoms in total. The fourth-order valence-corrected chi connectivity index (χ4v) is 6.03. The second-order valence-electron chi connectivity index (χ2n) is 8.90. The van der Waals surface area contributed by atoms with Crippen LogP contribution in [-0.4, -0.2) is 56.8 Å². The number of amides is 1. The van der Waals surface area contributed by atoms with E-state index in [9.17, 15) is 43.9 Å². The zero-order chi connectivity index (χ0) is 30.3. The number of aromatic nitrogens is 4. The zero-order valence-corrected chi connectivity index (χ0v) is 22.2. The molecule has 18 heteroatoms. The monoisotopic (exact) mass is 626 g/mol. The van der Waals surface area contributed by atoms with E-state index in [0.717, 1.165) is 30.7 Å². The maximum Gasteiger partial charge on any atom is 0.451 e. The van der Waals surface area contributed by atoms with Gasteiger partial charge < -0.3 is 5.32 Å². The van der Waals surface area contributed by atoms with Crippen molar-refractivity contribution in [2.24, 2.45) is 0 Å². The van der Waals surface area contributed by atoms with Crippen molar-refractivity contribution >= 4 is 27.5 Å². The molecule has 4 rings (SSSR count). The van der Waals surface area contributed by atoms with Gasteiger partial charge in [0.1, 0.15) is 22.3 Å². The van der Waals surface area contributed by atoms with Crippen LogP contribution in [0.3, 0.4) is 0 Å². The Hall–Kier alpha value is -3.44. The largest absolute Gasteiger partial charge is 0.451 e. The Balaban J connectivity index is 1.61. The van der Waals surface area contributed by atoms with E-state index in [-0.39, 0.29) is 21.3 Å². The standard InChI is InChI=1S/C23H18ClF7N6O3S/c1-11-16(25)5-18(37(11)41(39,40)14-2-3-19(24)33-9-14)20(38)34-6-12-4-17(32-10-15(12)22(26,27)28)13-7-35-21(36-8-13)23(29,30)31/h2-4,7-11,16,18H,5-6H2,1H3,(H,34,38)/t11-,16+,18-/m0/s1. The second kappa shape index (κ2) is 11.1. The summed E-state index contributed by atoms with van der Waals surface area (Å²) in [6.45, 7) is 0.435. The first-order chi connectivity index (χ1) is 19.0. The van der Waals surface area contributed by atoms with E-state index in [0.29, 0.717) is 10.5 Å². The van der Waals surface area contributed by atoms with Crippen LogP contribution in [0.15, 0.2) is 47.9 Å². The number of rotatable bonds is 6. The molecule has 1 aliphatic rings. The molecule has 1 amide bonds. The quantitative estimate of drug-likeness (QED) is 0.318. The molecular weight excluding hydrogens is 609 g/mol. The molecule has 0 aromatic carbocycles. The van der Waals surface area contributed by atoms with E-state index < -0.39 is 76.5 Å². The molecule has 4 heterocycles. The molecule has 1 N–H and O–H groups in total. The Morgan fingerprint density at radius 2 is 1.68 bits per heavy atom. The van der Waals surface area contributed by atoms with Gasteiger partial charge in [0.15, 0.2) is 0 Å². The van der Waals surface area contributed by atoms with Crippen molar-refractivity contribution in [2.45, 2.75) is 55.4 Å². The normalized spacial score (nSPS) is 20.3. The summed E-state index contributed by atoms with van der Waals surface area (Å²) in [5.41, 5.74) is -2.18. The van der Waals surface area contributed by atoms with Gasteiger partial charge in [0.05, 0.1) is 17.3 Å². The molecule has 0 aliphatic carbocycles. The maximum absolute atomic E-state index is 14.7. The minimum absolute atomic E-state index is 0.0175. The highest BCUT2D eigenvalue weighted by atomic mass is 35.5. The molecular formula is C23H18ClF7N6O3S. The van der Waals surface area contributed by atoms with Gasteiger partial charge in [-0.3, -0.25) is 9.78 Å². The van der Waals surface area contributed by atoms with Gasteiger partial charge >= 0.3 is 12.4 Å². The molecule has 1 aliphatic heterocycles. The summed E-state index contributed by atoms with van der Waals surface area (Å²) in [6.07, 6.45) is -9.32. The summed E-state index contributed by atoms with van der Waals surface area (Å²) in [6, 6.07) is 0.261. The molecule has 41 heavy (non-hydrogen) atoms. The minimum atomic E-state index is -4.94. The van der Waals surface area contributed by atoms with Gasteiger partial charge in [-0.25, -0.2) is 27.8 Å². The Kier molecular flexibility index (Phi) is 8.26. The number of hydrogen-bond donors (Lipinski definition) is 1. The number of sulfonamides is 1. The fourth-order valence-electron chi connectivity index (χ4n) is 4.17. The number of nitrogens with one attached hydrogen (secondary N) is 1. The van der Waals surface area contributed by atoms with Crippen LogP contribution in [0, 0.1) is 0 Å². The van der Waals surface area contributed by atoms with Crippen molar-refractivity contribution in [2.75, 3.05) is 0 Å². The highest BCUT2D eigenvalue weighted by molar-refractivity contribution is 7.89. The van der Waals surface area contributed by atoms with Crippen molar-refractivity contribution < 1.29 is 43.9 Å². The third-order valence-corrected chi connectivity index (χ3v) is 8.41. The highest BCUT2D eigenvalue weighted by Crippen LogP contribution is 2.35. The average molecular weight is 627 g/mol. The predicted octanol–water partition coefficient (Wildman–Crippen LogP) is 4.43. The van der Waals surface area contributed by atoms with Crippen molar-refractivity contribution in [3.8, 4) is 11.3 Å². The van der Waals surface area contributed by atoms with E-state index in [1.165, 1.54) is 13.0 Å². The fraction of sp³-hybridized carbons (Fsp3) is 0.348. The van der Waals surface area contributed by atoms with Crippen molar-refractivity contribution in [3.05, 3.63) is 65.1 Å². The Morgan fingerprint density at radius 3 is 2.24 bits per heavy atom. The van der Waals surface area contributed by atoms with Crippen LogP contribution < -0.4 is 5.32 Å². The van der Waals surface area contributed by atoms with Crippen LogP contribution in [0.5, 0.6) is 0 Å². The lowest BCUT2D eigenvalue weighted by Crippen LogP contribution is -2.48. The molecule has 0 saturated carbocycles. The average Bonchev–Trinajstić information content (AvgIpc) is 3.21. The summed E-state index contributed by atoms with van der Waals surface area (Å²) in [5.74, 6) is -2.54. The first kappa shape index (κ1) is 30.5. The Bertz CT molecular complexity index is 1540. The van der Waals surface area contributed by atoms with E-state index >= 15 is 0 Å². The number of nitrogens with zero attached hydrogens (tertiary/aromatic N) is 5. The molecule has 0 spiro atoms. The molecule has 3 aromatic heterocycles. The minimum Gasteiger partial charge on any atom is -0.351 e. The first-order valence-electron chi connectivity index (χ1n) is 11.5. The number of halogens is 8. The van der Waals surface area contributed by atoms with Crippen LogP contribution in [-0.2, 0) is 33.7 Å². The Morgan fingerprint density at radius 1 is 1.02 bits per heavy atom. The lowest BCUT2D eigenvalue weighted by Gasteiger charge is -2.27. The molecule has 1 fully saturated rings. The van der Waals surface area contributed by atoms with E-state index in [2.05, 4.69) is 25.3 Å². The Labute approximate surface area is 232 Å². The second-order valence-corrected chi connectivity index (χ2v) is 11.1. The summed E-state index contributed by atoms with van der Waals surface area (Å²) >= 11 is 5.69. The molecule has 0 radical (unpaired) electrons. The lowest BCUT2D eigenvalue weighted by molar-refractivity contribution is -0.145. The SMILES string of the molecule is C[C@H]1[C@H](F)C[C@@H](C(=O)NCc2cc(-c3cnc(C(F)(F)F)nc3)ncc2C(F)(F)F)N1S(=O)(=O)c1ccc(Cl)nc1. The van der Waals surface area contributed by atoms with E-state index in [1.54, 1.807) is 0 Å². The molecule has 220 valence electrons. The lowest BCUT2D eigenvalue weighted by atomic mass is 10.1. The third kappa shape index (κ3) is 6.41. The summed E-state index contributed by atoms with van der Waals surface area (Å²) in [5, 5.41) is 2.19. The van der Waals surface area contributed by atoms with Gasteiger partial charge in [-0.15, -0.1) is 0 Å². The van der Waals surface area contributed by atoms with Crippen LogP contribution in [0.25, 0.3) is 11.3 Å². The predicted molar refractivity (Wildman–Crippen MR) is 128 cm³/mol. The van der Waals surface area contributed by atoms with Gasteiger partial charge in [-0.05, 0) is 30.7 Å². The van der Waals surface area contributed by atoms with Crippen LogP contribution >= 0.6 is 11.6 Å². The third-order valence-electron chi connectivity index (χ3n) is 6.21. The van der Waals surface area contributed by atoms with Crippen molar-refractivity contribution in [3.63, 3.8) is 0 Å². The first-order valence-corrected chi connectivity index (χ1v) is 13.3. The van der Waals surface area contributed by atoms with Gasteiger partial charge in [-0.1, -0.05) is 11.6 Å². The van der Waals surface area contributed by atoms with Gasteiger partial charge in [0.25, 0.3) is 0 Å². The van der Waals surface area contributed by atoms with Gasteiger partial charge in [-0.2, -0.15) is 30.6 Å². The molecule has 0 bridgehead atoms. The number of carbonyl (C=O) groups is 1. The van der Waals surface area contributed by atoms with Crippen molar-refractivity contribution in [1.29, 1.82) is 0 Å². The maximum atomic E-state index is 14.7. The highest BCUT2D eigenvalue weighted by Gasteiger charge is 2.49. The van der Waals surface area contributed by atoms with Crippen molar-refractivity contribution in [1.82, 2.24) is 29.6 Å². The number of alkyl halides is 7. The van der Waals surface area contributed by atoms with E-state index in [1.807, 2.05) is 0 Å². The smallest absolute Gasteiger partial charge is 0.351 e. The molecule has 3 aromatic rings. The molecule has 0 unspecified atom stereocenters. The zero-order valence-electron chi connectivity index (χ0n) is 20.6. The van der Waals surface area contributed by atoms with Crippen LogP contribution in [0.2, 0.25) is 5.15 Å². The summed E-state index contributed by atoms with van der Waals surface area (Å²) in [4.78, 5) is 26.3. The van der Waals surface area contributed by atoms with Crippen LogP contribution in [0.4, 0.5) is 30.7 Å². The summed E-state index contributed by atoms with van der Waals surface area (Å²) < 4.78 is 121. The molecule has 3 atom stereocenters. The number of hydrogen-bond acceptors (Lipinski definition) is 7.